The van der Waals surface area contributed by atoms with E-state index in [0.717, 1.165) is 6.07 Å². The van der Waals surface area contributed by atoms with Gasteiger partial charge in [0.1, 0.15) is 5.69 Å². The van der Waals surface area contributed by atoms with Crippen molar-refractivity contribution in [3.8, 4) is 0 Å². The molecular formula is C16H15F3N6O4S. The van der Waals surface area contributed by atoms with Crippen molar-refractivity contribution < 1.29 is 27.7 Å². The lowest BCUT2D eigenvalue weighted by molar-refractivity contribution is -0.384. The Bertz CT molecular complexity index is 988. The van der Waals surface area contributed by atoms with Gasteiger partial charge in [-0.2, -0.15) is 13.2 Å². The molecule has 0 spiro atoms. The molecule has 14 heteroatoms. The highest BCUT2D eigenvalue weighted by atomic mass is 32.1. The van der Waals surface area contributed by atoms with Crippen molar-refractivity contribution in [1.82, 2.24) is 15.1 Å². The van der Waals surface area contributed by atoms with Crippen molar-refractivity contribution in [2.45, 2.75) is 13.1 Å². The molecule has 1 aromatic heterocycles. The molecule has 0 bridgehead atoms. The quantitative estimate of drug-likeness (QED) is 0.568. The van der Waals surface area contributed by atoms with Crippen LogP contribution in [0, 0.1) is 10.1 Å². The predicted molar refractivity (Wildman–Crippen MR) is 100 cm³/mol. The van der Waals surface area contributed by atoms with Gasteiger partial charge in [-0.25, -0.2) is 0 Å². The molecule has 1 saturated heterocycles. The average molecular weight is 444 g/mol. The molecule has 0 unspecified atom stereocenters. The van der Waals surface area contributed by atoms with Gasteiger partial charge in [0.25, 0.3) is 11.6 Å². The molecule has 0 radical (unpaired) electrons. The Hall–Kier alpha value is -3.29. The van der Waals surface area contributed by atoms with Gasteiger partial charge >= 0.3 is 6.18 Å². The number of halogens is 3. The van der Waals surface area contributed by atoms with Gasteiger partial charge in [-0.3, -0.25) is 25.0 Å². The van der Waals surface area contributed by atoms with Crippen molar-refractivity contribution in [2.24, 2.45) is 0 Å². The first kappa shape index (κ1) is 21.4. The molecule has 0 saturated carbocycles. The SMILES string of the molecule is CC(=O)N1CCN(c2ccc(C(=O)Nc3nnc(C(F)(F)F)s3)cc2[N+](=O)[O-])CC1. The highest BCUT2D eigenvalue weighted by Crippen LogP contribution is 2.34. The summed E-state index contributed by atoms with van der Waals surface area (Å²) in [7, 11) is 0. The summed E-state index contributed by atoms with van der Waals surface area (Å²) in [4.78, 5) is 38.0. The molecule has 0 aliphatic carbocycles. The number of piperazine rings is 1. The predicted octanol–water partition coefficient (Wildman–Crippen LogP) is 2.39. The number of rotatable bonds is 4. The molecule has 1 N–H and O–H groups in total. The van der Waals surface area contributed by atoms with Crippen molar-refractivity contribution in [1.29, 1.82) is 0 Å². The summed E-state index contributed by atoms with van der Waals surface area (Å²) in [6.45, 7) is 3.04. The minimum atomic E-state index is -4.69. The normalized spacial score (nSPS) is 14.5. The molecule has 1 aliphatic heterocycles. The van der Waals surface area contributed by atoms with E-state index in [0.29, 0.717) is 26.2 Å². The lowest BCUT2D eigenvalue weighted by atomic mass is 10.1. The smallest absolute Gasteiger partial charge is 0.362 e. The summed E-state index contributed by atoms with van der Waals surface area (Å²) in [5, 5.41) is 18.3. The summed E-state index contributed by atoms with van der Waals surface area (Å²) < 4.78 is 37.8. The van der Waals surface area contributed by atoms with Crippen molar-refractivity contribution in [3.63, 3.8) is 0 Å². The zero-order valence-electron chi connectivity index (χ0n) is 15.5. The number of nitrogens with zero attached hydrogens (tertiary/aromatic N) is 5. The number of hydrogen-bond acceptors (Lipinski definition) is 8. The van der Waals surface area contributed by atoms with Gasteiger partial charge in [0.15, 0.2) is 0 Å². The summed E-state index contributed by atoms with van der Waals surface area (Å²) in [6, 6.07) is 3.78. The number of carbonyl (C=O) groups is 2. The third-order valence-corrected chi connectivity index (χ3v) is 5.27. The fourth-order valence-corrected chi connectivity index (χ4v) is 3.50. The van der Waals surface area contributed by atoms with E-state index in [1.54, 1.807) is 9.80 Å². The fraction of sp³-hybridized carbons (Fsp3) is 0.375. The second-order valence-electron chi connectivity index (χ2n) is 6.32. The van der Waals surface area contributed by atoms with Crippen LogP contribution < -0.4 is 10.2 Å². The highest BCUT2D eigenvalue weighted by Gasteiger charge is 2.36. The molecule has 3 rings (SSSR count). The van der Waals surface area contributed by atoms with E-state index in [-0.39, 0.29) is 39.3 Å². The van der Waals surface area contributed by atoms with E-state index in [1.165, 1.54) is 19.1 Å². The lowest BCUT2D eigenvalue weighted by Crippen LogP contribution is -2.48. The number of alkyl halides is 3. The number of nitro benzene ring substituents is 1. The molecule has 30 heavy (non-hydrogen) atoms. The molecule has 160 valence electrons. The number of nitro groups is 1. The molecule has 1 aliphatic rings. The van der Waals surface area contributed by atoms with Crippen LogP contribution in [-0.4, -0.2) is 58.0 Å². The summed E-state index contributed by atoms with van der Waals surface area (Å²) in [5.41, 5.74) is -0.154. The Kier molecular flexibility index (Phi) is 5.87. The van der Waals surface area contributed by atoms with Crippen LogP contribution in [0.1, 0.15) is 22.3 Å². The maximum atomic E-state index is 12.6. The lowest BCUT2D eigenvalue weighted by Gasteiger charge is -2.35. The van der Waals surface area contributed by atoms with E-state index in [2.05, 4.69) is 15.5 Å². The molecule has 0 atom stereocenters. The summed E-state index contributed by atoms with van der Waals surface area (Å²) in [5.74, 6) is -0.933. The van der Waals surface area contributed by atoms with Crippen LogP contribution in [-0.2, 0) is 11.0 Å². The topological polar surface area (TPSA) is 122 Å². The van der Waals surface area contributed by atoms with Gasteiger partial charge < -0.3 is 9.80 Å². The van der Waals surface area contributed by atoms with Crippen LogP contribution in [0.4, 0.5) is 29.7 Å². The number of carbonyl (C=O) groups excluding carboxylic acids is 2. The number of amides is 2. The van der Waals surface area contributed by atoms with Gasteiger partial charge in [0.2, 0.25) is 16.0 Å². The number of aromatic nitrogens is 2. The maximum absolute atomic E-state index is 12.6. The molecule has 10 nitrogen and oxygen atoms in total. The Morgan fingerprint density at radius 3 is 2.40 bits per heavy atom. The van der Waals surface area contributed by atoms with Gasteiger partial charge in [-0.15, -0.1) is 10.2 Å². The first-order chi connectivity index (χ1) is 14.1. The third kappa shape index (κ3) is 4.64. The van der Waals surface area contributed by atoms with Crippen molar-refractivity contribution in [2.75, 3.05) is 36.4 Å². The molecule has 1 aromatic carbocycles. The van der Waals surface area contributed by atoms with E-state index in [1.807, 2.05) is 0 Å². The van der Waals surface area contributed by atoms with Crippen LogP contribution >= 0.6 is 11.3 Å². The van der Waals surface area contributed by atoms with Crippen LogP contribution in [0.25, 0.3) is 0 Å². The van der Waals surface area contributed by atoms with Crippen molar-refractivity contribution in [3.05, 3.63) is 38.9 Å². The zero-order valence-corrected chi connectivity index (χ0v) is 16.3. The molecule has 2 amide bonds. The van der Waals surface area contributed by atoms with E-state index in [4.69, 9.17) is 0 Å². The van der Waals surface area contributed by atoms with Gasteiger partial charge in [-0.1, -0.05) is 11.3 Å². The Morgan fingerprint density at radius 2 is 1.87 bits per heavy atom. The largest absolute Gasteiger partial charge is 0.445 e. The Labute approximate surface area is 171 Å². The Balaban J connectivity index is 1.78. The minimum Gasteiger partial charge on any atom is -0.362 e. The van der Waals surface area contributed by atoms with Gasteiger partial charge in [0.05, 0.1) is 4.92 Å². The number of hydrogen-bond donors (Lipinski definition) is 1. The number of nitrogens with one attached hydrogen (secondary N) is 1. The fourth-order valence-electron chi connectivity index (χ4n) is 2.90. The summed E-state index contributed by atoms with van der Waals surface area (Å²) in [6.07, 6.45) is -4.69. The van der Waals surface area contributed by atoms with Crippen LogP contribution in [0.2, 0.25) is 0 Å². The second-order valence-corrected chi connectivity index (χ2v) is 7.30. The first-order valence-electron chi connectivity index (χ1n) is 8.57. The number of benzene rings is 1. The maximum Gasteiger partial charge on any atom is 0.445 e. The van der Waals surface area contributed by atoms with Crippen LogP contribution in [0.3, 0.4) is 0 Å². The molecule has 2 aromatic rings. The minimum absolute atomic E-state index is 0.0819. The van der Waals surface area contributed by atoms with Gasteiger partial charge in [-0.05, 0) is 12.1 Å². The van der Waals surface area contributed by atoms with Crippen LogP contribution in [0.15, 0.2) is 18.2 Å². The molecule has 1 fully saturated rings. The second kappa shape index (κ2) is 8.22. The molecular weight excluding hydrogens is 429 g/mol. The Morgan fingerprint density at radius 1 is 1.20 bits per heavy atom. The zero-order chi connectivity index (χ0) is 22.1. The van der Waals surface area contributed by atoms with Gasteiger partial charge in [0, 0.05) is 44.7 Å². The monoisotopic (exact) mass is 444 g/mol. The average Bonchev–Trinajstić information content (AvgIpc) is 3.16. The highest BCUT2D eigenvalue weighted by molar-refractivity contribution is 7.15. The summed E-state index contributed by atoms with van der Waals surface area (Å²) >= 11 is 0.148. The van der Waals surface area contributed by atoms with E-state index < -0.39 is 22.0 Å². The van der Waals surface area contributed by atoms with E-state index >= 15 is 0 Å². The third-order valence-electron chi connectivity index (χ3n) is 4.39. The van der Waals surface area contributed by atoms with Crippen LogP contribution in [0.5, 0.6) is 0 Å². The standard InChI is InChI=1S/C16H15F3N6O4S/c1-9(26)23-4-6-24(7-5-23)11-3-2-10(8-12(11)25(28)29)13(27)20-15-22-21-14(30-15)16(17,18)19/h2-3,8H,4-7H2,1H3,(H,20,22,27). The van der Waals surface area contributed by atoms with E-state index in [9.17, 15) is 32.9 Å². The van der Waals surface area contributed by atoms with Crippen molar-refractivity contribution >= 4 is 39.7 Å². The molecule has 2 heterocycles. The number of anilines is 2. The first-order valence-corrected chi connectivity index (χ1v) is 9.39.